The van der Waals surface area contributed by atoms with Gasteiger partial charge in [-0.3, -0.25) is 0 Å². The van der Waals surface area contributed by atoms with E-state index in [4.69, 9.17) is 4.74 Å². The fourth-order valence-electron chi connectivity index (χ4n) is 2.37. The van der Waals surface area contributed by atoms with Crippen LogP contribution >= 0.6 is 15.9 Å². The third kappa shape index (κ3) is 3.41. The number of esters is 1. The van der Waals surface area contributed by atoms with Gasteiger partial charge in [0, 0.05) is 10.5 Å². The molecule has 2 aromatic carbocycles. The molecule has 3 rings (SSSR count). The number of nitrogens with zero attached hydrogens (tertiary/aromatic N) is 2. The third-order valence-electron chi connectivity index (χ3n) is 3.71. The molecule has 0 aliphatic heterocycles. The highest BCUT2D eigenvalue weighted by molar-refractivity contribution is 9.10. The molecule has 5 heteroatoms. The Bertz CT molecular complexity index is 869. The van der Waals surface area contributed by atoms with Gasteiger partial charge in [0.25, 0.3) is 0 Å². The maximum absolute atomic E-state index is 12.4. The molecular weight excluding hydrogens is 368 g/mol. The topological polar surface area (TPSA) is 44.1 Å². The van der Waals surface area contributed by atoms with Gasteiger partial charge < -0.3 is 4.74 Å². The van der Waals surface area contributed by atoms with Gasteiger partial charge >= 0.3 is 5.97 Å². The highest BCUT2D eigenvalue weighted by Gasteiger charge is 2.16. The van der Waals surface area contributed by atoms with Gasteiger partial charge in [-0.2, -0.15) is 5.10 Å². The Labute approximate surface area is 149 Å². The van der Waals surface area contributed by atoms with Crippen LogP contribution in [-0.4, -0.2) is 15.7 Å². The van der Waals surface area contributed by atoms with Crippen molar-refractivity contribution in [1.29, 1.82) is 0 Å². The van der Waals surface area contributed by atoms with Crippen LogP contribution in [0.25, 0.3) is 5.69 Å². The summed E-state index contributed by atoms with van der Waals surface area (Å²) in [6, 6.07) is 16.8. The Kier molecular flexibility index (Phi) is 4.81. The van der Waals surface area contributed by atoms with Crippen LogP contribution in [0.15, 0.2) is 59.1 Å². The molecule has 1 heterocycles. The van der Waals surface area contributed by atoms with Crippen LogP contribution in [0.5, 0.6) is 5.88 Å². The van der Waals surface area contributed by atoms with Gasteiger partial charge in [-0.15, -0.1) is 0 Å². The fourth-order valence-corrected chi connectivity index (χ4v) is 2.63. The highest BCUT2D eigenvalue weighted by Crippen LogP contribution is 2.23. The van der Waals surface area contributed by atoms with E-state index in [1.165, 1.54) is 0 Å². The molecule has 0 saturated carbocycles. The lowest BCUT2D eigenvalue weighted by atomic mass is 10.2. The van der Waals surface area contributed by atoms with Gasteiger partial charge in [0.05, 0.1) is 16.9 Å². The van der Waals surface area contributed by atoms with Gasteiger partial charge in [0.1, 0.15) is 0 Å². The van der Waals surface area contributed by atoms with Crippen LogP contribution in [0.1, 0.15) is 28.5 Å². The number of hydrogen-bond donors (Lipinski definition) is 0. The fraction of sp³-hybridized carbons (Fsp3) is 0.158. The zero-order valence-corrected chi connectivity index (χ0v) is 15.1. The molecule has 1 aromatic heterocycles. The molecule has 0 saturated heterocycles. The number of carbonyl (C=O) groups excluding carboxylic acids is 1. The molecule has 4 nitrogen and oxygen atoms in total. The van der Waals surface area contributed by atoms with E-state index in [0.717, 1.165) is 27.8 Å². The average Bonchev–Trinajstić information content (AvgIpc) is 2.98. The van der Waals surface area contributed by atoms with E-state index in [1.54, 1.807) is 16.8 Å². The van der Waals surface area contributed by atoms with Crippen molar-refractivity contribution in [2.75, 3.05) is 0 Å². The summed E-state index contributed by atoms with van der Waals surface area (Å²) in [6.07, 6.45) is 0.766. The quantitative estimate of drug-likeness (QED) is 0.611. The summed E-state index contributed by atoms with van der Waals surface area (Å²) in [6.45, 7) is 4.02. The van der Waals surface area contributed by atoms with E-state index in [9.17, 15) is 4.79 Å². The molecule has 0 bridgehead atoms. The van der Waals surface area contributed by atoms with Crippen molar-refractivity contribution in [2.24, 2.45) is 0 Å². The second-order valence-corrected chi connectivity index (χ2v) is 6.34. The molecule has 0 aliphatic rings. The first-order valence-electron chi connectivity index (χ1n) is 7.71. The van der Waals surface area contributed by atoms with Crippen molar-refractivity contribution >= 4 is 21.9 Å². The van der Waals surface area contributed by atoms with Crippen LogP contribution in [0, 0.1) is 6.92 Å². The van der Waals surface area contributed by atoms with E-state index >= 15 is 0 Å². The molecule has 0 aliphatic carbocycles. The minimum absolute atomic E-state index is 0.403. The van der Waals surface area contributed by atoms with Crippen molar-refractivity contribution in [3.63, 3.8) is 0 Å². The minimum Gasteiger partial charge on any atom is -0.404 e. The Balaban J connectivity index is 1.96. The number of hydrogen-bond acceptors (Lipinski definition) is 3. The van der Waals surface area contributed by atoms with Gasteiger partial charge in [-0.25, -0.2) is 9.48 Å². The minimum atomic E-state index is -0.403. The van der Waals surface area contributed by atoms with Gasteiger partial charge in [-0.05, 0) is 49.2 Å². The summed E-state index contributed by atoms with van der Waals surface area (Å²) in [7, 11) is 0. The van der Waals surface area contributed by atoms with Crippen molar-refractivity contribution in [2.45, 2.75) is 20.3 Å². The van der Waals surface area contributed by atoms with Gasteiger partial charge in [0.2, 0.25) is 5.88 Å². The third-order valence-corrected chi connectivity index (χ3v) is 4.24. The largest absolute Gasteiger partial charge is 0.404 e. The summed E-state index contributed by atoms with van der Waals surface area (Å²) in [5, 5.41) is 4.55. The SMILES string of the molecule is CCc1cc(OC(=O)c2ccc(Br)cc2)n(-c2ccccc2C)n1. The molecule has 24 heavy (non-hydrogen) atoms. The number of rotatable bonds is 4. The summed E-state index contributed by atoms with van der Waals surface area (Å²) in [5.41, 5.74) is 3.32. The predicted molar refractivity (Wildman–Crippen MR) is 96.8 cm³/mol. The zero-order valence-electron chi connectivity index (χ0n) is 13.5. The number of halogens is 1. The molecular formula is C19H17BrN2O2. The summed E-state index contributed by atoms with van der Waals surface area (Å²) in [4.78, 5) is 12.4. The number of aryl methyl sites for hydroxylation is 2. The first-order chi connectivity index (χ1) is 11.6. The lowest BCUT2D eigenvalue weighted by Gasteiger charge is -2.10. The number of para-hydroxylation sites is 1. The monoisotopic (exact) mass is 384 g/mol. The molecule has 0 amide bonds. The first-order valence-corrected chi connectivity index (χ1v) is 8.50. The molecule has 3 aromatic rings. The smallest absolute Gasteiger partial charge is 0.344 e. The van der Waals surface area contributed by atoms with Crippen molar-refractivity contribution < 1.29 is 9.53 Å². The lowest BCUT2D eigenvalue weighted by Crippen LogP contribution is -2.12. The van der Waals surface area contributed by atoms with Crippen molar-refractivity contribution in [3.8, 4) is 11.6 Å². The molecule has 0 spiro atoms. The first kappa shape index (κ1) is 16.5. The number of carbonyl (C=O) groups is 1. The van der Waals surface area contributed by atoms with Crippen LogP contribution in [0.4, 0.5) is 0 Å². The molecule has 0 N–H and O–H groups in total. The highest BCUT2D eigenvalue weighted by atomic mass is 79.9. The molecule has 122 valence electrons. The zero-order chi connectivity index (χ0) is 17.1. The Morgan fingerprint density at radius 1 is 1.17 bits per heavy atom. The van der Waals surface area contributed by atoms with Gasteiger partial charge in [-0.1, -0.05) is 41.1 Å². The summed E-state index contributed by atoms with van der Waals surface area (Å²) >= 11 is 3.36. The van der Waals surface area contributed by atoms with Crippen LogP contribution in [0.3, 0.4) is 0 Å². The van der Waals surface area contributed by atoms with E-state index in [0.29, 0.717) is 11.4 Å². The van der Waals surface area contributed by atoms with E-state index in [-0.39, 0.29) is 0 Å². The molecule has 0 atom stereocenters. The van der Waals surface area contributed by atoms with E-state index < -0.39 is 5.97 Å². The molecule has 0 radical (unpaired) electrons. The summed E-state index contributed by atoms with van der Waals surface area (Å²) < 4.78 is 8.21. The molecule has 0 unspecified atom stereocenters. The summed E-state index contributed by atoms with van der Waals surface area (Å²) in [5.74, 6) is 0.0222. The number of ether oxygens (including phenoxy) is 1. The maximum Gasteiger partial charge on any atom is 0.344 e. The van der Waals surface area contributed by atoms with Gasteiger partial charge in [0.15, 0.2) is 0 Å². The molecule has 0 fully saturated rings. The standard InChI is InChI=1S/C19H17BrN2O2/c1-3-16-12-18(22(21-16)17-7-5-4-6-13(17)2)24-19(23)14-8-10-15(20)11-9-14/h4-12H,3H2,1-2H3. The van der Waals surface area contributed by atoms with Crippen LogP contribution in [-0.2, 0) is 6.42 Å². The average molecular weight is 385 g/mol. The van der Waals surface area contributed by atoms with Crippen LogP contribution in [0.2, 0.25) is 0 Å². The van der Waals surface area contributed by atoms with E-state index in [2.05, 4.69) is 21.0 Å². The Morgan fingerprint density at radius 2 is 1.88 bits per heavy atom. The maximum atomic E-state index is 12.4. The normalized spacial score (nSPS) is 10.6. The number of aromatic nitrogens is 2. The Hall–Kier alpha value is -2.40. The Morgan fingerprint density at radius 3 is 2.54 bits per heavy atom. The second-order valence-electron chi connectivity index (χ2n) is 5.42. The van der Waals surface area contributed by atoms with Crippen molar-refractivity contribution in [3.05, 3.63) is 75.9 Å². The lowest BCUT2D eigenvalue weighted by molar-refractivity contribution is 0.0723. The van der Waals surface area contributed by atoms with Crippen molar-refractivity contribution in [1.82, 2.24) is 9.78 Å². The van der Waals surface area contributed by atoms with E-state index in [1.807, 2.05) is 56.3 Å². The van der Waals surface area contributed by atoms with Crippen LogP contribution < -0.4 is 4.74 Å². The second kappa shape index (κ2) is 7.01. The number of benzene rings is 2. The predicted octanol–water partition coefficient (Wildman–Crippen LogP) is 4.72.